The maximum absolute atomic E-state index is 13.6. The van der Waals surface area contributed by atoms with Crippen LogP contribution in [-0.4, -0.2) is 161 Å². The van der Waals surface area contributed by atoms with Gasteiger partial charge in [-0.25, -0.2) is 4.79 Å². The highest BCUT2D eigenvalue weighted by atomic mass is 33.1. The number of nitrogens with one attached hydrogen (secondary N) is 2. The molecule has 5 atom stereocenters. The third-order valence-corrected chi connectivity index (χ3v) is 14.4. The number of hydrogen-bond donors (Lipinski definition) is 4. The molecule has 72 heavy (non-hydrogen) atoms. The van der Waals surface area contributed by atoms with Crippen molar-refractivity contribution in [3.05, 3.63) is 76.9 Å². The van der Waals surface area contributed by atoms with Crippen molar-refractivity contribution in [2.45, 2.75) is 117 Å². The van der Waals surface area contributed by atoms with Gasteiger partial charge in [0.05, 0.1) is 58.3 Å². The number of benzene rings is 2. The number of epoxide rings is 1. The maximum Gasteiger partial charge on any atom is 0.345 e. The third kappa shape index (κ3) is 25.7. The number of rotatable bonds is 36. The summed E-state index contributed by atoms with van der Waals surface area (Å²) in [5, 5.41) is 15.2. The Kier molecular flexibility index (Phi) is 30.8. The molecule has 1 aliphatic heterocycles. The van der Waals surface area contributed by atoms with E-state index in [9.17, 15) is 24.3 Å². The van der Waals surface area contributed by atoms with Crippen molar-refractivity contribution in [2.24, 2.45) is 17.3 Å². The van der Waals surface area contributed by atoms with Gasteiger partial charge in [0.1, 0.15) is 17.9 Å². The van der Waals surface area contributed by atoms with Gasteiger partial charge in [-0.1, -0.05) is 84.8 Å². The summed E-state index contributed by atoms with van der Waals surface area (Å²) in [7, 11) is 9.51. The molecule has 2 unspecified atom stereocenters. The smallest absolute Gasteiger partial charge is 0.345 e. The Morgan fingerprint density at radius 2 is 1.49 bits per heavy atom. The Morgan fingerprint density at radius 1 is 0.889 bits per heavy atom. The first-order valence-corrected chi connectivity index (χ1v) is 28.4. The van der Waals surface area contributed by atoms with Crippen molar-refractivity contribution in [1.82, 2.24) is 20.4 Å². The highest BCUT2D eigenvalue weighted by molar-refractivity contribution is 8.77. The van der Waals surface area contributed by atoms with E-state index in [0.717, 1.165) is 49.3 Å². The molecule has 2 aromatic carbocycles. The minimum atomic E-state index is -1.29. The Balaban J connectivity index is 0.00000876. The SMILES string of the molecule is COc1ccc(C[C@@H](NC(=O)/C=C/CC[C@H](C)C2OC2c2ccc(CN(C)CCOCCOCCOCCN(C)CC(C)(C)SSC)cc2)C(=O)NCC(C)(C)C(=O)O[C@@H](CC(C)C)C(=O)O)cc1C.CS. The number of likely N-dealkylation sites (N-methyl/N-ethyl adjacent to an activating group) is 2. The minimum Gasteiger partial charge on any atom is -0.496 e. The van der Waals surface area contributed by atoms with Gasteiger partial charge in [0.15, 0.2) is 6.10 Å². The number of carbonyl (C=O) groups is 4. The van der Waals surface area contributed by atoms with Crippen LogP contribution < -0.4 is 15.4 Å². The van der Waals surface area contributed by atoms with Crippen molar-refractivity contribution in [3.63, 3.8) is 0 Å². The number of amides is 2. The lowest BCUT2D eigenvalue weighted by Gasteiger charge is -2.28. The van der Waals surface area contributed by atoms with Gasteiger partial charge in [0.2, 0.25) is 11.8 Å². The van der Waals surface area contributed by atoms with Crippen LogP contribution in [0.4, 0.5) is 0 Å². The van der Waals surface area contributed by atoms with Crippen LogP contribution >= 0.6 is 34.2 Å². The molecule has 0 bridgehead atoms. The molecule has 1 heterocycles. The number of aliphatic carboxylic acids is 1. The van der Waals surface area contributed by atoms with E-state index in [0.29, 0.717) is 51.8 Å². The average Bonchev–Trinajstić information content (AvgIpc) is 4.13. The van der Waals surface area contributed by atoms with Crippen molar-refractivity contribution < 1.29 is 52.7 Å². The Bertz CT molecular complexity index is 1940. The van der Waals surface area contributed by atoms with Crippen LogP contribution in [0.1, 0.15) is 96.1 Å². The van der Waals surface area contributed by atoms with E-state index in [2.05, 4.69) is 98.4 Å². The highest BCUT2D eigenvalue weighted by Gasteiger charge is 2.43. The number of carbonyl (C=O) groups excluding carboxylic acids is 3. The summed E-state index contributed by atoms with van der Waals surface area (Å²) in [6.07, 6.45) is 7.71. The first-order chi connectivity index (χ1) is 34.1. The molecule has 2 amide bonds. The number of aryl methyl sites for hydroxylation is 1. The zero-order valence-electron chi connectivity index (χ0n) is 45.5. The number of hydrogen-bond acceptors (Lipinski definition) is 15. The van der Waals surface area contributed by atoms with Crippen LogP contribution in [0.25, 0.3) is 0 Å². The summed E-state index contributed by atoms with van der Waals surface area (Å²) in [6, 6.07) is 13.2. The Morgan fingerprint density at radius 3 is 2.06 bits per heavy atom. The van der Waals surface area contributed by atoms with E-state index in [1.54, 1.807) is 38.0 Å². The first-order valence-electron chi connectivity index (χ1n) is 25.0. The first kappa shape index (κ1) is 64.8. The summed E-state index contributed by atoms with van der Waals surface area (Å²) in [5.41, 5.74) is 2.81. The fourth-order valence-electron chi connectivity index (χ4n) is 7.86. The van der Waals surface area contributed by atoms with E-state index in [4.69, 9.17) is 28.4 Å². The number of methoxy groups -OCH3 is 1. The van der Waals surface area contributed by atoms with Crippen LogP contribution in [-0.2, 0) is 55.8 Å². The molecule has 0 aromatic heterocycles. The molecular formula is C54H88N4O11S3. The van der Waals surface area contributed by atoms with Crippen molar-refractivity contribution >= 4 is 58.0 Å². The molecule has 408 valence electrons. The van der Waals surface area contributed by atoms with Gasteiger partial charge in [-0.3, -0.25) is 19.3 Å². The third-order valence-electron chi connectivity index (χ3n) is 11.8. The summed E-state index contributed by atoms with van der Waals surface area (Å²) >= 11 is 3.53. The number of carboxylic acid groups (broad SMARTS) is 1. The van der Waals surface area contributed by atoms with Gasteiger partial charge in [-0.05, 0) is 127 Å². The fraction of sp³-hybridized carbons (Fsp3) is 0.667. The lowest BCUT2D eigenvalue weighted by atomic mass is 9.93. The van der Waals surface area contributed by atoms with E-state index in [1.165, 1.54) is 11.6 Å². The van der Waals surface area contributed by atoms with Crippen LogP contribution in [0.5, 0.6) is 5.75 Å². The van der Waals surface area contributed by atoms with Gasteiger partial charge >= 0.3 is 11.9 Å². The van der Waals surface area contributed by atoms with E-state index in [1.807, 2.05) is 55.8 Å². The van der Waals surface area contributed by atoms with Crippen molar-refractivity contribution in [2.75, 3.05) is 99.5 Å². The van der Waals surface area contributed by atoms with Crippen molar-refractivity contribution in [1.29, 1.82) is 0 Å². The van der Waals surface area contributed by atoms with Crippen LogP contribution in [0, 0.1) is 24.2 Å². The molecule has 3 N–H and O–H groups in total. The van der Waals surface area contributed by atoms with Gasteiger partial charge < -0.3 is 49.1 Å². The molecule has 1 aliphatic rings. The standard InChI is InChI=1S/C53H84N4O11S2.CH4S/c1-37(2)31-45(50(60)61)67-51(62)52(5,6)35-54-49(59)43(33-41-19-22-44(63-11)39(4)32-41)55-46(58)16-14-13-15-38(3)47-48(68-47)42-20-17-40(18-21-42)34-56(9)23-25-64-27-29-66-30-28-65-26-24-57(10)36-53(7,8)70-69-12;1-2/h14,16-22,32,37-38,43,45,47-48H,13,15,23-31,33-36H2,1-12H3,(H,54,59)(H,55,58)(H,60,61);2H,1H3/b16-14+;/t38-,43+,45-,47?,48?;/m0./s1. The van der Waals surface area contributed by atoms with Crippen LogP contribution in [0.15, 0.2) is 54.6 Å². The second-order valence-electron chi connectivity index (χ2n) is 20.1. The predicted octanol–water partition coefficient (Wildman–Crippen LogP) is 8.08. The second kappa shape index (κ2) is 34.3. The lowest BCUT2D eigenvalue weighted by Crippen LogP contribution is -2.51. The van der Waals surface area contributed by atoms with Crippen LogP contribution in [0.2, 0.25) is 0 Å². The fourth-order valence-corrected chi connectivity index (χ4v) is 10.1. The van der Waals surface area contributed by atoms with Crippen LogP contribution in [0.3, 0.4) is 0 Å². The topological polar surface area (TPSA) is 178 Å². The number of esters is 1. The monoisotopic (exact) mass is 1060 g/mol. The summed E-state index contributed by atoms with van der Waals surface area (Å²) in [5.74, 6) is -1.93. The quantitative estimate of drug-likeness (QED) is 0.0129. The Hall–Kier alpha value is -3.33. The zero-order chi connectivity index (χ0) is 53.9. The molecule has 1 saturated heterocycles. The molecule has 1 fully saturated rings. The molecule has 3 rings (SSSR count). The normalized spacial score (nSPS) is 16.0. The number of allylic oxidation sites excluding steroid dienone is 1. The largest absolute Gasteiger partial charge is 0.496 e. The zero-order valence-corrected chi connectivity index (χ0v) is 48.0. The molecule has 0 aliphatic carbocycles. The van der Waals surface area contributed by atoms with Crippen molar-refractivity contribution in [3.8, 4) is 5.75 Å². The molecule has 0 saturated carbocycles. The number of thiol groups is 1. The lowest BCUT2D eigenvalue weighted by molar-refractivity contribution is -0.171. The predicted molar refractivity (Wildman–Crippen MR) is 295 cm³/mol. The van der Waals surface area contributed by atoms with Gasteiger partial charge in [-0.15, -0.1) is 0 Å². The van der Waals surface area contributed by atoms with E-state index < -0.39 is 41.3 Å². The molecule has 0 radical (unpaired) electrons. The number of nitrogens with zero attached hydrogens (tertiary/aromatic N) is 2. The summed E-state index contributed by atoms with van der Waals surface area (Å²) in [6.45, 7) is 22.4. The summed E-state index contributed by atoms with van der Waals surface area (Å²) < 4.78 is 34.3. The molecule has 0 spiro atoms. The van der Waals surface area contributed by atoms with Gasteiger partial charge in [0, 0.05) is 43.9 Å². The Labute approximate surface area is 445 Å². The number of carboxylic acids is 1. The summed E-state index contributed by atoms with van der Waals surface area (Å²) in [4.78, 5) is 56.2. The minimum absolute atomic E-state index is 0.00423. The molecule has 2 aromatic rings. The average molecular weight is 1070 g/mol. The van der Waals surface area contributed by atoms with E-state index in [-0.39, 0.29) is 48.2 Å². The number of ether oxygens (including phenoxy) is 6. The molecule has 18 heteroatoms. The van der Waals surface area contributed by atoms with Gasteiger partial charge in [0.25, 0.3) is 0 Å². The van der Waals surface area contributed by atoms with E-state index >= 15 is 0 Å². The maximum atomic E-state index is 13.6. The molecular weight excluding hydrogens is 977 g/mol. The highest BCUT2D eigenvalue weighted by Crippen LogP contribution is 2.44. The van der Waals surface area contributed by atoms with Gasteiger partial charge in [-0.2, -0.15) is 12.6 Å². The molecule has 15 nitrogen and oxygen atoms in total. The second-order valence-corrected chi connectivity index (χ2v) is 23.2.